The van der Waals surface area contributed by atoms with Crippen LogP contribution in [-0.4, -0.2) is 82.8 Å². The number of halogens is 1. The number of hydrogen-bond acceptors (Lipinski definition) is 7. The van der Waals surface area contributed by atoms with Gasteiger partial charge in [-0.25, -0.2) is 4.98 Å². The van der Waals surface area contributed by atoms with Crippen molar-refractivity contribution in [1.29, 1.82) is 0 Å². The van der Waals surface area contributed by atoms with Gasteiger partial charge in [-0.2, -0.15) is 0 Å². The summed E-state index contributed by atoms with van der Waals surface area (Å²) >= 11 is 6.87. The largest absolute Gasteiger partial charge is 0.508 e. The Morgan fingerprint density at radius 2 is 1.93 bits per heavy atom. The van der Waals surface area contributed by atoms with Crippen molar-refractivity contribution < 1.29 is 14.6 Å². The quantitative estimate of drug-likeness (QED) is 0.308. The van der Waals surface area contributed by atoms with E-state index in [0.717, 1.165) is 41.5 Å². The Bertz CT molecular complexity index is 1690. The van der Waals surface area contributed by atoms with Gasteiger partial charge in [0, 0.05) is 57.3 Å². The average Bonchev–Trinajstić information content (AvgIpc) is 2.96. The lowest BCUT2D eigenvalue weighted by molar-refractivity contribution is -0.132. The van der Waals surface area contributed by atoms with Crippen molar-refractivity contribution in [3.63, 3.8) is 0 Å². The second-order valence-electron chi connectivity index (χ2n) is 10.6. The third kappa shape index (κ3) is 5.53. The molecule has 0 radical (unpaired) electrons. The lowest BCUT2D eigenvalue weighted by atomic mass is 9.97. The van der Waals surface area contributed by atoms with Crippen LogP contribution in [0.15, 0.2) is 66.0 Å². The molecule has 2 saturated heterocycles. The number of rotatable bonds is 8. The number of likely N-dealkylation sites (tertiary alicyclic amines) is 1. The molecule has 6 rings (SSSR count). The normalized spacial score (nSPS) is 16.2. The Labute approximate surface area is 242 Å². The molecule has 0 spiro atoms. The molecule has 0 unspecified atom stereocenters. The SMILES string of the molecule is C=CC(=O)N1CC(Cn2c(=O)c(NCCN3CCOCC3)nc3cc(-c4cc(O)cc5ccccc45)c(Cl)cc32)C1. The van der Waals surface area contributed by atoms with Gasteiger partial charge in [-0.3, -0.25) is 14.5 Å². The molecule has 0 atom stereocenters. The lowest BCUT2D eigenvalue weighted by Gasteiger charge is -2.39. The molecular formula is C31H32ClN5O4. The van der Waals surface area contributed by atoms with Crippen molar-refractivity contribution in [2.45, 2.75) is 6.54 Å². The number of phenolic OH excluding ortho intramolecular Hbond substituents is 1. The summed E-state index contributed by atoms with van der Waals surface area (Å²) in [6.07, 6.45) is 1.31. The third-order valence-corrected chi connectivity index (χ3v) is 8.19. The molecule has 2 fully saturated rings. The van der Waals surface area contributed by atoms with Crippen LogP contribution in [0.3, 0.4) is 0 Å². The van der Waals surface area contributed by atoms with E-state index in [1.807, 2.05) is 30.3 Å². The van der Waals surface area contributed by atoms with Gasteiger partial charge in [-0.1, -0.05) is 42.4 Å². The minimum Gasteiger partial charge on any atom is -0.508 e. The van der Waals surface area contributed by atoms with E-state index in [1.165, 1.54) is 6.08 Å². The number of morpholine rings is 1. The number of nitrogens with zero attached hydrogens (tertiary/aromatic N) is 4. The highest BCUT2D eigenvalue weighted by Crippen LogP contribution is 2.38. The lowest BCUT2D eigenvalue weighted by Crippen LogP contribution is -2.51. The fourth-order valence-electron chi connectivity index (χ4n) is 5.69. The Kier molecular flexibility index (Phi) is 7.66. The molecule has 3 aromatic carbocycles. The zero-order chi connectivity index (χ0) is 28.5. The molecule has 212 valence electrons. The molecule has 2 aliphatic rings. The van der Waals surface area contributed by atoms with Gasteiger partial charge in [0.15, 0.2) is 5.82 Å². The van der Waals surface area contributed by atoms with Crippen LogP contribution in [0, 0.1) is 5.92 Å². The molecule has 1 amide bonds. The molecule has 1 aromatic heterocycles. The van der Waals surface area contributed by atoms with E-state index in [2.05, 4.69) is 16.8 Å². The van der Waals surface area contributed by atoms with Gasteiger partial charge in [0.2, 0.25) is 5.91 Å². The fraction of sp³-hybridized carbons (Fsp3) is 0.323. The van der Waals surface area contributed by atoms with Crippen LogP contribution in [0.4, 0.5) is 5.82 Å². The van der Waals surface area contributed by atoms with Gasteiger partial charge in [-0.05, 0) is 46.7 Å². The molecule has 2 aliphatic heterocycles. The van der Waals surface area contributed by atoms with E-state index in [9.17, 15) is 14.7 Å². The molecule has 0 aliphatic carbocycles. The van der Waals surface area contributed by atoms with Gasteiger partial charge < -0.3 is 24.6 Å². The van der Waals surface area contributed by atoms with Crippen molar-refractivity contribution in [2.24, 2.45) is 5.92 Å². The van der Waals surface area contributed by atoms with Crippen LogP contribution >= 0.6 is 11.6 Å². The number of carbonyl (C=O) groups is 1. The maximum atomic E-state index is 13.7. The smallest absolute Gasteiger partial charge is 0.293 e. The van der Waals surface area contributed by atoms with E-state index in [1.54, 1.807) is 27.7 Å². The second kappa shape index (κ2) is 11.5. The number of benzene rings is 3. The number of carbonyl (C=O) groups excluding carboxylic acids is 1. The van der Waals surface area contributed by atoms with Crippen LogP contribution < -0.4 is 10.9 Å². The predicted octanol–water partition coefficient (Wildman–Crippen LogP) is 3.96. The Morgan fingerprint density at radius 3 is 2.71 bits per heavy atom. The van der Waals surface area contributed by atoms with Gasteiger partial charge >= 0.3 is 0 Å². The summed E-state index contributed by atoms with van der Waals surface area (Å²) in [6.45, 7) is 9.58. The number of amides is 1. The number of phenols is 1. The highest BCUT2D eigenvalue weighted by Gasteiger charge is 2.30. The second-order valence-corrected chi connectivity index (χ2v) is 11.0. The van der Waals surface area contributed by atoms with Crippen molar-refractivity contribution >= 4 is 45.1 Å². The average molecular weight is 574 g/mol. The van der Waals surface area contributed by atoms with E-state index in [4.69, 9.17) is 21.3 Å². The van der Waals surface area contributed by atoms with Crippen LogP contribution in [0.1, 0.15) is 0 Å². The summed E-state index contributed by atoms with van der Waals surface area (Å²) in [5.74, 6) is 0.432. The minimum absolute atomic E-state index is 0.107. The predicted molar refractivity (Wildman–Crippen MR) is 162 cm³/mol. The Morgan fingerprint density at radius 1 is 1.15 bits per heavy atom. The van der Waals surface area contributed by atoms with Crippen LogP contribution in [0.25, 0.3) is 32.9 Å². The van der Waals surface area contributed by atoms with Crippen LogP contribution in [0.2, 0.25) is 5.02 Å². The van der Waals surface area contributed by atoms with E-state index < -0.39 is 0 Å². The monoisotopic (exact) mass is 573 g/mol. The Hall–Kier alpha value is -3.92. The first-order valence-corrected chi connectivity index (χ1v) is 14.2. The molecule has 4 aromatic rings. The molecule has 41 heavy (non-hydrogen) atoms. The van der Waals surface area contributed by atoms with Crippen molar-refractivity contribution in [2.75, 3.05) is 57.8 Å². The minimum atomic E-state index is -0.223. The highest BCUT2D eigenvalue weighted by atomic mass is 35.5. The first kappa shape index (κ1) is 27.3. The highest BCUT2D eigenvalue weighted by molar-refractivity contribution is 6.34. The fourth-order valence-corrected chi connectivity index (χ4v) is 5.95. The van der Waals surface area contributed by atoms with E-state index in [0.29, 0.717) is 55.4 Å². The summed E-state index contributed by atoms with van der Waals surface area (Å²) < 4.78 is 7.16. The van der Waals surface area contributed by atoms with Crippen molar-refractivity contribution in [3.8, 4) is 16.9 Å². The van der Waals surface area contributed by atoms with E-state index >= 15 is 0 Å². The zero-order valence-corrected chi connectivity index (χ0v) is 23.4. The summed E-state index contributed by atoms with van der Waals surface area (Å²) in [7, 11) is 0. The van der Waals surface area contributed by atoms with Gasteiger partial charge in [0.05, 0.1) is 29.3 Å². The van der Waals surface area contributed by atoms with Crippen LogP contribution in [-0.2, 0) is 16.1 Å². The maximum absolute atomic E-state index is 13.7. The number of aromatic hydroxyl groups is 1. The molecule has 0 bridgehead atoms. The number of hydrogen-bond donors (Lipinski definition) is 2. The molecule has 2 N–H and O–H groups in total. The first-order chi connectivity index (χ1) is 19.9. The van der Waals surface area contributed by atoms with Crippen molar-refractivity contribution in [1.82, 2.24) is 19.4 Å². The molecule has 0 saturated carbocycles. The first-order valence-electron chi connectivity index (χ1n) is 13.8. The molecular weight excluding hydrogens is 542 g/mol. The van der Waals surface area contributed by atoms with Gasteiger partial charge in [-0.15, -0.1) is 0 Å². The number of anilines is 1. The summed E-state index contributed by atoms with van der Waals surface area (Å²) in [4.78, 5) is 34.5. The number of aromatic nitrogens is 2. The zero-order valence-electron chi connectivity index (χ0n) is 22.7. The van der Waals surface area contributed by atoms with Crippen LogP contribution in [0.5, 0.6) is 5.75 Å². The molecule has 3 heterocycles. The van der Waals surface area contributed by atoms with Gasteiger partial charge in [0.25, 0.3) is 5.56 Å². The summed E-state index contributed by atoms with van der Waals surface area (Å²) in [5.41, 5.74) is 2.52. The van der Waals surface area contributed by atoms with Gasteiger partial charge in [0.1, 0.15) is 5.75 Å². The summed E-state index contributed by atoms with van der Waals surface area (Å²) in [6, 6.07) is 14.9. The molecule has 9 nitrogen and oxygen atoms in total. The number of ether oxygens (including phenoxy) is 1. The summed E-state index contributed by atoms with van der Waals surface area (Å²) in [5, 5.41) is 16.0. The van der Waals surface area contributed by atoms with E-state index in [-0.39, 0.29) is 29.0 Å². The third-order valence-electron chi connectivity index (χ3n) is 7.88. The topological polar surface area (TPSA) is 99.9 Å². The standard InChI is InChI=1S/C31H32ClN5O4/c1-2-29(39)36-17-20(18-36)19-37-28-16-26(32)25(24-14-22(38)13-21-5-3-4-6-23(21)24)15-27(28)34-30(31(37)40)33-7-8-35-9-11-41-12-10-35/h2-6,13-16,20,38H,1,7-12,17-19H2,(H,33,34). The van der Waals surface area contributed by atoms with Crippen molar-refractivity contribution in [3.05, 3.63) is 76.6 Å². The number of nitrogens with one attached hydrogen (secondary N) is 1. The maximum Gasteiger partial charge on any atom is 0.293 e. The Balaban J connectivity index is 1.39. The number of fused-ring (bicyclic) bond motifs is 2. The molecule has 10 heteroatoms.